The smallest absolute Gasteiger partial charge is 0.226 e. The van der Waals surface area contributed by atoms with Gasteiger partial charge < -0.3 is 4.90 Å². The Kier molecular flexibility index (Phi) is 4.61. The standard InChI is InChI=1S/C20H23FN2OS/c1-14-11-18(14)20(24)23-9-7-22(8-10-23)13-17-5-6-19(25-17)15-3-2-4-16(21)12-15/h2-6,12,14,18H,7-11,13H2,1H3. The van der Waals surface area contributed by atoms with Crippen molar-refractivity contribution in [3.63, 3.8) is 0 Å². The summed E-state index contributed by atoms with van der Waals surface area (Å²) >= 11 is 1.72. The van der Waals surface area contributed by atoms with E-state index in [2.05, 4.69) is 24.0 Å². The summed E-state index contributed by atoms with van der Waals surface area (Å²) in [6, 6.07) is 11.0. The second-order valence-corrected chi connectivity index (χ2v) is 8.37. The molecule has 0 spiro atoms. The first kappa shape index (κ1) is 16.7. The van der Waals surface area contributed by atoms with Crippen LogP contribution in [0.4, 0.5) is 4.39 Å². The number of thiophene rings is 1. The predicted octanol–water partition coefficient (Wildman–Crippen LogP) is 3.85. The molecule has 4 rings (SSSR count). The van der Waals surface area contributed by atoms with Crippen LogP contribution in [0.3, 0.4) is 0 Å². The third-order valence-corrected chi connectivity index (χ3v) is 6.38. The summed E-state index contributed by atoms with van der Waals surface area (Å²) in [5, 5.41) is 0. The number of amides is 1. The minimum absolute atomic E-state index is 0.196. The van der Waals surface area contributed by atoms with Gasteiger partial charge in [0.1, 0.15) is 5.82 Å². The van der Waals surface area contributed by atoms with Crippen molar-refractivity contribution in [2.75, 3.05) is 26.2 Å². The molecule has 1 aliphatic heterocycles. The van der Waals surface area contributed by atoms with Gasteiger partial charge in [-0.05, 0) is 42.2 Å². The molecule has 0 radical (unpaired) electrons. The van der Waals surface area contributed by atoms with Crippen molar-refractivity contribution < 1.29 is 9.18 Å². The number of halogens is 1. The van der Waals surface area contributed by atoms with E-state index in [0.29, 0.717) is 11.8 Å². The van der Waals surface area contributed by atoms with E-state index in [0.717, 1.165) is 49.6 Å². The van der Waals surface area contributed by atoms with Gasteiger partial charge in [0, 0.05) is 48.4 Å². The Morgan fingerprint density at radius 1 is 1.20 bits per heavy atom. The van der Waals surface area contributed by atoms with Crippen molar-refractivity contribution in [1.82, 2.24) is 9.80 Å². The zero-order valence-corrected chi connectivity index (χ0v) is 15.3. The molecule has 1 aliphatic carbocycles. The van der Waals surface area contributed by atoms with E-state index in [4.69, 9.17) is 0 Å². The Morgan fingerprint density at radius 3 is 2.64 bits per heavy atom. The molecule has 1 amide bonds. The molecule has 2 atom stereocenters. The van der Waals surface area contributed by atoms with Gasteiger partial charge in [-0.3, -0.25) is 9.69 Å². The van der Waals surface area contributed by atoms with Gasteiger partial charge in [0.25, 0.3) is 0 Å². The van der Waals surface area contributed by atoms with Gasteiger partial charge in [-0.15, -0.1) is 11.3 Å². The highest BCUT2D eigenvalue weighted by molar-refractivity contribution is 7.15. The highest BCUT2D eigenvalue weighted by Gasteiger charge is 2.41. The minimum Gasteiger partial charge on any atom is -0.340 e. The quantitative estimate of drug-likeness (QED) is 0.829. The molecule has 0 N–H and O–H groups in total. The molecule has 1 saturated heterocycles. The van der Waals surface area contributed by atoms with Crippen LogP contribution in [0, 0.1) is 17.7 Å². The molecule has 1 aromatic heterocycles. The molecule has 5 heteroatoms. The van der Waals surface area contributed by atoms with Crippen molar-refractivity contribution in [1.29, 1.82) is 0 Å². The molecule has 2 heterocycles. The number of carbonyl (C=O) groups excluding carboxylic acids is 1. The van der Waals surface area contributed by atoms with Crippen LogP contribution in [0.2, 0.25) is 0 Å². The van der Waals surface area contributed by atoms with E-state index in [1.807, 2.05) is 11.0 Å². The van der Waals surface area contributed by atoms with Gasteiger partial charge >= 0.3 is 0 Å². The number of hydrogen-bond donors (Lipinski definition) is 0. The average molecular weight is 358 g/mol. The first-order valence-electron chi connectivity index (χ1n) is 8.96. The number of carbonyl (C=O) groups is 1. The number of rotatable bonds is 4. The summed E-state index contributed by atoms with van der Waals surface area (Å²) in [7, 11) is 0. The number of piperazine rings is 1. The molecule has 1 saturated carbocycles. The first-order valence-corrected chi connectivity index (χ1v) is 9.77. The fourth-order valence-corrected chi connectivity index (χ4v) is 4.55. The van der Waals surface area contributed by atoms with Gasteiger partial charge in [0.15, 0.2) is 0 Å². The Hall–Kier alpha value is -1.72. The van der Waals surface area contributed by atoms with Crippen LogP contribution in [0.5, 0.6) is 0 Å². The van der Waals surface area contributed by atoms with Crippen molar-refractivity contribution in [3.05, 3.63) is 47.1 Å². The largest absolute Gasteiger partial charge is 0.340 e. The first-order chi connectivity index (χ1) is 12.1. The van der Waals surface area contributed by atoms with Gasteiger partial charge in [-0.2, -0.15) is 0 Å². The normalized spacial score (nSPS) is 23.7. The topological polar surface area (TPSA) is 23.6 Å². The van der Waals surface area contributed by atoms with E-state index >= 15 is 0 Å². The van der Waals surface area contributed by atoms with Gasteiger partial charge in [-0.1, -0.05) is 19.1 Å². The second-order valence-electron chi connectivity index (χ2n) is 7.20. The Labute approximate surface area is 152 Å². The highest BCUT2D eigenvalue weighted by Crippen LogP contribution is 2.39. The zero-order chi connectivity index (χ0) is 17.4. The fraction of sp³-hybridized carbons (Fsp3) is 0.450. The highest BCUT2D eigenvalue weighted by atomic mass is 32.1. The summed E-state index contributed by atoms with van der Waals surface area (Å²) in [5.74, 6) is 1.03. The summed E-state index contributed by atoms with van der Waals surface area (Å²) in [6.45, 7) is 6.60. The maximum Gasteiger partial charge on any atom is 0.226 e. The lowest BCUT2D eigenvalue weighted by Crippen LogP contribution is -2.48. The summed E-state index contributed by atoms with van der Waals surface area (Å²) < 4.78 is 13.4. The Bertz CT molecular complexity index is 767. The van der Waals surface area contributed by atoms with Crippen LogP contribution < -0.4 is 0 Å². The van der Waals surface area contributed by atoms with Crippen LogP contribution in [0.1, 0.15) is 18.2 Å². The summed E-state index contributed by atoms with van der Waals surface area (Å²) in [5.41, 5.74) is 0.935. The van der Waals surface area contributed by atoms with E-state index in [9.17, 15) is 9.18 Å². The van der Waals surface area contributed by atoms with Crippen LogP contribution >= 0.6 is 11.3 Å². The number of nitrogens with zero attached hydrogens (tertiary/aromatic N) is 2. The fourth-order valence-electron chi connectivity index (χ4n) is 3.51. The maximum absolute atomic E-state index is 13.4. The van der Waals surface area contributed by atoms with E-state index < -0.39 is 0 Å². The van der Waals surface area contributed by atoms with Crippen molar-refractivity contribution in [3.8, 4) is 10.4 Å². The van der Waals surface area contributed by atoms with Crippen molar-refractivity contribution in [2.45, 2.75) is 19.9 Å². The molecular weight excluding hydrogens is 335 g/mol. The average Bonchev–Trinajstić information content (AvgIpc) is 3.16. The van der Waals surface area contributed by atoms with Gasteiger partial charge in [0.2, 0.25) is 5.91 Å². The second kappa shape index (κ2) is 6.89. The third kappa shape index (κ3) is 3.77. The van der Waals surface area contributed by atoms with E-state index in [-0.39, 0.29) is 11.7 Å². The molecule has 132 valence electrons. The zero-order valence-electron chi connectivity index (χ0n) is 14.5. The molecule has 25 heavy (non-hydrogen) atoms. The van der Waals surface area contributed by atoms with Crippen molar-refractivity contribution in [2.24, 2.45) is 11.8 Å². The van der Waals surface area contributed by atoms with Gasteiger partial charge in [-0.25, -0.2) is 4.39 Å². The van der Waals surface area contributed by atoms with Gasteiger partial charge in [0.05, 0.1) is 0 Å². The predicted molar refractivity (Wildman–Crippen MR) is 98.8 cm³/mol. The third-order valence-electron chi connectivity index (χ3n) is 5.26. The lowest BCUT2D eigenvalue weighted by molar-refractivity contribution is -0.134. The molecule has 2 aromatic rings. The molecule has 2 fully saturated rings. The van der Waals surface area contributed by atoms with Crippen LogP contribution in [-0.2, 0) is 11.3 Å². The monoisotopic (exact) mass is 358 g/mol. The maximum atomic E-state index is 13.4. The van der Waals surface area contributed by atoms with Crippen LogP contribution in [-0.4, -0.2) is 41.9 Å². The lowest BCUT2D eigenvalue weighted by atomic mass is 10.2. The molecular formula is C20H23FN2OS. The molecule has 0 bridgehead atoms. The van der Waals surface area contributed by atoms with E-state index in [1.165, 1.54) is 10.9 Å². The van der Waals surface area contributed by atoms with Crippen molar-refractivity contribution >= 4 is 17.2 Å². The minimum atomic E-state index is -0.196. The molecule has 2 unspecified atom stereocenters. The SMILES string of the molecule is CC1CC1C(=O)N1CCN(Cc2ccc(-c3cccc(F)c3)s2)CC1. The Morgan fingerprint density at radius 2 is 1.96 bits per heavy atom. The number of benzene rings is 1. The van der Waals surface area contributed by atoms with E-state index in [1.54, 1.807) is 23.5 Å². The molecule has 3 nitrogen and oxygen atoms in total. The Balaban J connectivity index is 1.32. The lowest BCUT2D eigenvalue weighted by Gasteiger charge is -2.34. The van der Waals surface area contributed by atoms with Crippen LogP contribution in [0.25, 0.3) is 10.4 Å². The molecule has 2 aliphatic rings. The number of hydrogen-bond acceptors (Lipinski definition) is 3. The summed E-state index contributed by atoms with van der Waals surface area (Å²) in [4.78, 5) is 19.1. The summed E-state index contributed by atoms with van der Waals surface area (Å²) in [6.07, 6.45) is 1.07. The molecule has 1 aromatic carbocycles. The van der Waals surface area contributed by atoms with Crippen LogP contribution in [0.15, 0.2) is 36.4 Å².